The van der Waals surface area contributed by atoms with Gasteiger partial charge >= 0.3 is 5.63 Å². The van der Waals surface area contributed by atoms with Crippen LogP contribution in [0.2, 0.25) is 0 Å². The summed E-state index contributed by atoms with van der Waals surface area (Å²) in [5, 5.41) is 28.3. The number of nitriles is 1. The van der Waals surface area contributed by atoms with E-state index in [1.54, 1.807) is 44.2 Å². The Morgan fingerprint density at radius 1 is 0.958 bits per heavy atom. The lowest BCUT2D eigenvalue weighted by molar-refractivity contribution is -0.132. The van der Waals surface area contributed by atoms with Crippen molar-refractivity contribution in [3.63, 3.8) is 0 Å². The predicted octanol–water partition coefficient (Wildman–Crippen LogP) is 1.04. The van der Waals surface area contributed by atoms with Crippen LogP contribution in [0.1, 0.15) is 49.5 Å². The summed E-state index contributed by atoms with van der Waals surface area (Å²) < 4.78 is 33.0. The van der Waals surface area contributed by atoms with Crippen LogP contribution < -0.4 is 32.6 Å². The van der Waals surface area contributed by atoms with Gasteiger partial charge in [-0.05, 0) is 37.0 Å². The maximum absolute atomic E-state index is 14.2. The van der Waals surface area contributed by atoms with E-state index in [2.05, 4.69) is 21.3 Å². The van der Waals surface area contributed by atoms with E-state index in [1.165, 1.54) is 6.92 Å². The lowest BCUT2D eigenvalue weighted by Crippen LogP contribution is -2.58. The number of carbonyl (C=O) groups excluding carboxylic acids is 5. The number of fused-ring (bicyclic) bond motifs is 1. The van der Waals surface area contributed by atoms with Gasteiger partial charge in [-0.3, -0.25) is 24.0 Å². The normalized spacial score (nSPS) is 13.4. The Bertz CT molecular complexity index is 1810. The number of phenolic OH excluding ortho intramolecular Hbond substituents is 1. The molecule has 16 heteroatoms. The zero-order chi connectivity index (χ0) is 35.7. The van der Waals surface area contributed by atoms with E-state index in [-0.39, 0.29) is 24.6 Å². The molecule has 5 amide bonds. The minimum absolute atomic E-state index is 0.0360. The van der Waals surface area contributed by atoms with Gasteiger partial charge in [-0.25, -0.2) is 9.18 Å². The van der Waals surface area contributed by atoms with E-state index < -0.39 is 93.8 Å². The van der Waals surface area contributed by atoms with Crippen molar-refractivity contribution in [3.05, 3.63) is 75.6 Å². The van der Waals surface area contributed by atoms with Crippen LogP contribution in [0.25, 0.3) is 11.0 Å². The number of nitrogens with two attached hydrogens (primary N) is 1. The summed E-state index contributed by atoms with van der Waals surface area (Å²) in [6, 6.07) is 7.06. The van der Waals surface area contributed by atoms with Gasteiger partial charge < -0.3 is 36.5 Å². The molecule has 14 nitrogen and oxygen atoms in total. The minimum atomic E-state index is -1.53. The molecule has 0 bridgehead atoms. The first-order valence-corrected chi connectivity index (χ1v) is 14.7. The first kappa shape index (κ1) is 36.6. The molecule has 48 heavy (non-hydrogen) atoms. The van der Waals surface area contributed by atoms with Crippen LogP contribution in [0, 0.1) is 28.9 Å². The van der Waals surface area contributed by atoms with E-state index in [4.69, 9.17) is 10.2 Å². The lowest BCUT2D eigenvalue weighted by Gasteiger charge is -2.26. The van der Waals surface area contributed by atoms with Gasteiger partial charge in [0.2, 0.25) is 29.4 Å². The lowest BCUT2D eigenvalue weighted by atomic mass is 10.0. The number of hydrogen-bond acceptors (Lipinski definition) is 9. The molecule has 254 valence electrons. The summed E-state index contributed by atoms with van der Waals surface area (Å²) in [7, 11) is 0. The fourth-order valence-corrected chi connectivity index (χ4v) is 4.55. The fourth-order valence-electron chi connectivity index (χ4n) is 4.55. The molecule has 0 spiro atoms. The first-order valence-electron chi connectivity index (χ1n) is 14.7. The Hall–Kier alpha value is -5.85. The molecule has 0 saturated carbocycles. The number of nitrogens with one attached hydrogen (secondary N) is 4. The average Bonchev–Trinajstić information content (AvgIpc) is 3.04. The number of benzene rings is 2. The first-order chi connectivity index (χ1) is 22.6. The fraction of sp³-hybridized carbons (Fsp3) is 0.344. The summed E-state index contributed by atoms with van der Waals surface area (Å²) in [6.07, 6.45) is -0.222. The van der Waals surface area contributed by atoms with Crippen molar-refractivity contribution in [3.8, 4) is 11.8 Å². The van der Waals surface area contributed by atoms with E-state index >= 15 is 0 Å². The number of phenols is 1. The molecular weight excluding hydrogens is 634 g/mol. The standard InChI is InChI=1S/C32H34F2N6O8/c1-15(2)25(40-29(44)20-12-18-13-21(33)26(42)24(34)27(18)48-32(20)47)31(46)39-22(11-17-7-5-4-6-8-17)30(45)37-16(3)28(43)38-19(14-35)9-10-23(36)41/h4-8,12-13,15-16,19,22,25,42H,9-11H2,1-3H3,(H2,36,41)(H,37,45)(H,38,43)(H,39,46)(H,40,44)/t16-,19-,22-,25-/m0/s1. The maximum Gasteiger partial charge on any atom is 0.349 e. The molecule has 0 aliphatic carbocycles. The Labute approximate surface area is 272 Å². The molecular formula is C32H34F2N6O8. The molecule has 7 N–H and O–H groups in total. The highest BCUT2D eigenvalue weighted by Crippen LogP contribution is 2.28. The van der Waals surface area contributed by atoms with Gasteiger partial charge in [0, 0.05) is 18.2 Å². The zero-order valence-corrected chi connectivity index (χ0v) is 26.1. The maximum atomic E-state index is 14.2. The van der Waals surface area contributed by atoms with E-state index in [9.17, 15) is 47.9 Å². The topological polar surface area (TPSA) is 234 Å². The van der Waals surface area contributed by atoms with Crippen LogP contribution in [0.5, 0.6) is 5.75 Å². The van der Waals surface area contributed by atoms with Gasteiger partial charge in [0.1, 0.15) is 29.7 Å². The van der Waals surface area contributed by atoms with Crippen LogP contribution in [0.4, 0.5) is 8.78 Å². The number of amides is 5. The van der Waals surface area contributed by atoms with Gasteiger partial charge in [0.25, 0.3) is 5.91 Å². The van der Waals surface area contributed by atoms with Gasteiger partial charge in [-0.2, -0.15) is 9.65 Å². The molecule has 4 atom stereocenters. The highest BCUT2D eigenvalue weighted by Gasteiger charge is 2.32. The Balaban J connectivity index is 1.81. The summed E-state index contributed by atoms with van der Waals surface area (Å²) in [4.78, 5) is 76.3. The number of aromatic hydroxyl groups is 1. The molecule has 0 fully saturated rings. The largest absolute Gasteiger partial charge is 0.503 e. The third kappa shape index (κ3) is 9.34. The molecule has 2 aromatic carbocycles. The van der Waals surface area contributed by atoms with Gasteiger partial charge in [-0.1, -0.05) is 44.2 Å². The SMILES string of the molecule is CC(C)[C@H](NC(=O)c1cc2cc(F)c(O)c(F)c2oc1=O)C(=O)N[C@@H](Cc1ccccc1)C(=O)N[C@@H](C)C(=O)N[C@H](C#N)CCC(N)=O. The molecule has 0 radical (unpaired) electrons. The van der Waals surface area contributed by atoms with Crippen molar-refractivity contribution in [2.75, 3.05) is 0 Å². The zero-order valence-electron chi connectivity index (χ0n) is 26.1. The number of nitrogens with zero attached hydrogens (tertiary/aromatic N) is 1. The quantitative estimate of drug-likeness (QED) is 0.135. The van der Waals surface area contributed by atoms with Crippen LogP contribution >= 0.6 is 0 Å². The van der Waals surface area contributed by atoms with Crippen molar-refractivity contribution in [2.45, 2.75) is 64.2 Å². The van der Waals surface area contributed by atoms with Crippen molar-refractivity contribution < 1.29 is 42.3 Å². The molecule has 1 aromatic heterocycles. The van der Waals surface area contributed by atoms with Crippen LogP contribution in [0.15, 0.2) is 51.7 Å². The van der Waals surface area contributed by atoms with Crippen molar-refractivity contribution in [2.24, 2.45) is 11.7 Å². The minimum Gasteiger partial charge on any atom is -0.503 e. The average molecular weight is 669 g/mol. The number of carbonyl (C=O) groups is 5. The van der Waals surface area contributed by atoms with Gasteiger partial charge in [0.05, 0.1) is 6.07 Å². The van der Waals surface area contributed by atoms with Crippen molar-refractivity contribution >= 4 is 40.5 Å². The smallest absolute Gasteiger partial charge is 0.349 e. The summed E-state index contributed by atoms with van der Waals surface area (Å²) in [5.41, 5.74) is 2.95. The second-order valence-corrected chi connectivity index (χ2v) is 11.3. The summed E-state index contributed by atoms with van der Waals surface area (Å²) in [5.74, 6) is -9.00. The second-order valence-electron chi connectivity index (χ2n) is 11.3. The third-order valence-corrected chi connectivity index (χ3v) is 7.19. The summed E-state index contributed by atoms with van der Waals surface area (Å²) in [6.45, 7) is 4.50. The number of rotatable bonds is 14. The molecule has 3 rings (SSSR count). The van der Waals surface area contributed by atoms with Crippen LogP contribution in [-0.4, -0.2) is 58.8 Å². The number of primary amides is 1. The van der Waals surface area contributed by atoms with Crippen LogP contribution in [0.3, 0.4) is 0 Å². The molecule has 3 aromatic rings. The Kier molecular flexibility index (Phi) is 12.3. The molecule has 0 unspecified atom stereocenters. The predicted molar refractivity (Wildman–Crippen MR) is 166 cm³/mol. The van der Waals surface area contributed by atoms with Crippen LogP contribution in [-0.2, 0) is 25.6 Å². The van der Waals surface area contributed by atoms with E-state index in [0.717, 1.165) is 6.07 Å². The Morgan fingerprint density at radius 2 is 1.62 bits per heavy atom. The Morgan fingerprint density at radius 3 is 2.23 bits per heavy atom. The molecule has 0 aliphatic rings. The summed E-state index contributed by atoms with van der Waals surface area (Å²) >= 11 is 0. The van der Waals surface area contributed by atoms with E-state index in [0.29, 0.717) is 11.6 Å². The highest BCUT2D eigenvalue weighted by molar-refractivity contribution is 6.00. The van der Waals surface area contributed by atoms with Gasteiger partial charge in [0.15, 0.2) is 17.1 Å². The number of halogens is 2. The van der Waals surface area contributed by atoms with Gasteiger partial charge in [-0.15, -0.1) is 0 Å². The van der Waals surface area contributed by atoms with Crippen molar-refractivity contribution in [1.29, 1.82) is 5.26 Å². The van der Waals surface area contributed by atoms with Crippen molar-refractivity contribution in [1.82, 2.24) is 21.3 Å². The van der Waals surface area contributed by atoms with E-state index in [1.807, 2.05) is 6.07 Å². The highest BCUT2D eigenvalue weighted by atomic mass is 19.1. The molecule has 0 aliphatic heterocycles. The number of hydrogen-bond donors (Lipinski definition) is 6. The monoisotopic (exact) mass is 668 g/mol. The molecule has 1 heterocycles. The second kappa shape index (κ2) is 16.1. The third-order valence-electron chi connectivity index (χ3n) is 7.19. The molecule has 0 saturated heterocycles.